The van der Waals surface area contributed by atoms with Crippen molar-refractivity contribution in [3.63, 3.8) is 0 Å². The average molecular weight is 341 g/mol. The molecule has 0 aliphatic rings. The van der Waals surface area contributed by atoms with Gasteiger partial charge in [-0.3, -0.25) is 9.59 Å². The average Bonchev–Trinajstić information content (AvgIpc) is 2.50. The molecular weight excluding hydrogens is 330 g/mol. The van der Waals surface area contributed by atoms with E-state index in [2.05, 4.69) is 10.6 Å². The monoisotopic (exact) mass is 340 g/mol. The van der Waals surface area contributed by atoms with Crippen molar-refractivity contribution in [1.82, 2.24) is 5.32 Å². The van der Waals surface area contributed by atoms with Gasteiger partial charge in [-0.25, -0.2) is 4.39 Å². The number of benzene rings is 2. The Balaban J connectivity index is 1.91. The van der Waals surface area contributed by atoms with Crippen molar-refractivity contribution in [2.45, 2.75) is 0 Å². The maximum absolute atomic E-state index is 13.6. The van der Waals surface area contributed by atoms with Crippen LogP contribution in [-0.4, -0.2) is 18.4 Å². The lowest BCUT2D eigenvalue weighted by Gasteiger charge is -2.08. The smallest absolute Gasteiger partial charge is 0.251 e. The summed E-state index contributed by atoms with van der Waals surface area (Å²) in [6.07, 6.45) is 0. The Kier molecular flexibility index (Phi) is 5.35. The van der Waals surface area contributed by atoms with Crippen molar-refractivity contribution in [2.24, 2.45) is 0 Å². The molecule has 4 nitrogen and oxygen atoms in total. The fourth-order valence-electron chi connectivity index (χ4n) is 1.66. The van der Waals surface area contributed by atoms with Crippen molar-refractivity contribution in [3.05, 3.63) is 63.9 Å². The summed E-state index contributed by atoms with van der Waals surface area (Å²) in [4.78, 5) is 23.5. The molecule has 0 aliphatic carbocycles. The summed E-state index contributed by atoms with van der Waals surface area (Å²) < 4.78 is 13.6. The zero-order valence-electron chi connectivity index (χ0n) is 11.2. The molecule has 22 heavy (non-hydrogen) atoms. The summed E-state index contributed by atoms with van der Waals surface area (Å²) >= 11 is 11.3. The van der Waals surface area contributed by atoms with Crippen LogP contribution in [0.4, 0.5) is 10.1 Å². The molecular formula is C15H11Cl2FN2O2. The number of carbonyl (C=O) groups excluding carboxylic acids is 2. The molecule has 0 aliphatic heterocycles. The fourth-order valence-corrected chi connectivity index (χ4v) is 1.96. The Morgan fingerprint density at radius 1 is 1.05 bits per heavy atom. The third kappa shape index (κ3) is 4.19. The Morgan fingerprint density at radius 2 is 1.73 bits per heavy atom. The van der Waals surface area contributed by atoms with E-state index in [1.807, 2.05) is 0 Å². The van der Waals surface area contributed by atoms with Gasteiger partial charge in [0.15, 0.2) is 5.82 Å². The van der Waals surface area contributed by atoms with Crippen LogP contribution in [0.1, 0.15) is 10.4 Å². The first-order chi connectivity index (χ1) is 10.5. The normalized spacial score (nSPS) is 10.1. The zero-order chi connectivity index (χ0) is 16.1. The number of carbonyl (C=O) groups is 2. The topological polar surface area (TPSA) is 58.2 Å². The second-order valence-electron chi connectivity index (χ2n) is 4.34. The lowest BCUT2D eigenvalue weighted by atomic mass is 10.2. The van der Waals surface area contributed by atoms with E-state index in [0.717, 1.165) is 0 Å². The summed E-state index contributed by atoms with van der Waals surface area (Å²) in [6.45, 7) is -0.298. The Morgan fingerprint density at radius 3 is 2.41 bits per heavy atom. The first-order valence-corrected chi connectivity index (χ1v) is 7.00. The van der Waals surface area contributed by atoms with Gasteiger partial charge < -0.3 is 10.6 Å². The van der Waals surface area contributed by atoms with Crippen LogP contribution in [-0.2, 0) is 4.79 Å². The third-order valence-corrected chi connectivity index (χ3v) is 3.29. The number of amides is 2. The number of hydrogen-bond donors (Lipinski definition) is 2. The molecule has 0 spiro atoms. The largest absolute Gasteiger partial charge is 0.343 e. The van der Waals surface area contributed by atoms with Gasteiger partial charge in [-0.15, -0.1) is 0 Å². The van der Waals surface area contributed by atoms with Gasteiger partial charge in [0.2, 0.25) is 5.91 Å². The van der Waals surface area contributed by atoms with Crippen molar-refractivity contribution in [2.75, 3.05) is 11.9 Å². The Hall–Kier alpha value is -2.11. The highest BCUT2D eigenvalue weighted by Gasteiger charge is 2.11. The molecule has 114 valence electrons. The van der Waals surface area contributed by atoms with E-state index in [1.165, 1.54) is 30.3 Å². The predicted molar refractivity (Wildman–Crippen MR) is 83.8 cm³/mol. The molecule has 0 aromatic heterocycles. The fraction of sp³-hybridized carbons (Fsp3) is 0.0667. The van der Waals surface area contributed by atoms with Crippen LogP contribution < -0.4 is 10.6 Å². The van der Waals surface area contributed by atoms with Crippen LogP contribution in [0, 0.1) is 5.82 Å². The summed E-state index contributed by atoms with van der Waals surface area (Å²) in [7, 11) is 0. The molecule has 0 radical (unpaired) electrons. The number of halogens is 3. The second-order valence-corrected chi connectivity index (χ2v) is 5.18. The number of hydrogen-bond acceptors (Lipinski definition) is 2. The minimum Gasteiger partial charge on any atom is -0.343 e. The number of anilines is 1. The maximum atomic E-state index is 13.6. The van der Waals surface area contributed by atoms with Gasteiger partial charge in [0.1, 0.15) is 0 Å². The Bertz CT molecular complexity index is 705. The molecule has 2 N–H and O–H groups in total. The van der Waals surface area contributed by atoms with Crippen LogP contribution in [0.2, 0.25) is 10.0 Å². The van der Waals surface area contributed by atoms with Crippen LogP contribution in [0.15, 0.2) is 42.5 Å². The number of rotatable bonds is 4. The highest BCUT2D eigenvalue weighted by atomic mass is 35.5. The highest BCUT2D eigenvalue weighted by molar-refractivity contribution is 6.31. The highest BCUT2D eigenvalue weighted by Crippen LogP contribution is 2.21. The summed E-state index contributed by atoms with van der Waals surface area (Å²) in [5.74, 6) is -1.72. The molecule has 2 aromatic rings. The van der Waals surface area contributed by atoms with Crippen LogP contribution in [0.25, 0.3) is 0 Å². The van der Waals surface area contributed by atoms with Gasteiger partial charge in [0.05, 0.1) is 17.3 Å². The molecule has 2 aromatic carbocycles. The van der Waals surface area contributed by atoms with Crippen LogP contribution in [0.3, 0.4) is 0 Å². The van der Waals surface area contributed by atoms with Gasteiger partial charge in [-0.1, -0.05) is 29.3 Å². The SMILES string of the molecule is O=C(CNC(=O)c1ccc(Cl)cc1)Nc1cccc(Cl)c1F. The molecule has 0 unspecified atom stereocenters. The molecule has 0 bridgehead atoms. The standard InChI is InChI=1S/C15H11Cl2FN2O2/c16-10-6-4-9(5-7-10)15(22)19-8-13(21)20-12-3-1-2-11(17)14(12)18/h1-7H,8H2,(H,19,22)(H,20,21). The summed E-state index contributed by atoms with van der Waals surface area (Å²) in [6, 6.07) is 10.5. The van der Waals surface area contributed by atoms with Gasteiger partial charge >= 0.3 is 0 Å². The molecule has 7 heteroatoms. The second kappa shape index (κ2) is 7.24. The molecule has 0 saturated heterocycles. The third-order valence-electron chi connectivity index (χ3n) is 2.74. The Labute approximate surface area is 136 Å². The molecule has 0 atom stereocenters. The number of nitrogens with one attached hydrogen (secondary N) is 2. The van der Waals surface area contributed by atoms with E-state index in [4.69, 9.17) is 23.2 Å². The van der Waals surface area contributed by atoms with Gasteiger partial charge in [-0.2, -0.15) is 0 Å². The van der Waals surface area contributed by atoms with E-state index >= 15 is 0 Å². The molecule has 2 rings (SSSR count). The van der Waals surface area contributed by atoms with Crippen LogP contribution in [0.5, 0.6) is 0 Å². The van der Waals surface area contributed by atoms with Gasteiger partial charge in [0, 0.05) is 10.6 Å². The van der Waals surface area contributed by atoms with Crippen molar-refractivity contribution in [1.29, 1.82) is 0 Å². The summed E-state index contributed by atoms with van der Waals surface area (Å²) in [5, 5.41) is 5.17. The molecule has 0 fully saturated rings. The minimum atomic E-state index is -0.721. The van der Waals surface area contributed by atoms with E-state index in [9.17, 15) is 14.0 Å². The lowest BCUT2D eigenvalue weighted by Crippen LogP contribution is -2.33. The summed E-state index contributed by atoms with van der Waals surface area (Å²) in [5.41, 5.74) is 0.323. The predicted octanol–water partition coefficient (Wildman–Crippen LogP) is 3.50. The minimum absolute atomic E-state index is 0.0433. The van der Waals surface area contributed by atoms with E-state index in [0.29, 0.717) is 10.6 Å². The van der Waals surface area contributed by atoms with Gasteiger partial charge in [0.25, 0.3) is 5.91 Å². The van der Waals surface area contributed by atoms with Crippen molar-refractivity contribution >= 4 is 40.7 Å². The van der Waals surface area contributed by atoms with Crippen molar-refractivity contribution < 1.29 is 14.0 Å². The van der Waals surface area contributed by atoms with E-state index in [1.54, 1.807) is 12.1 Å². The quantitative estimate of drug-likeness (QED) is 0.894. The van der Waals surface area contributed by atoms with Gasteiger partial charge in [-0.05, 0) is 36.4 Å². The van der Waals surface area contributed by atoms with Crippen LogP contribution >= 0.6 is 23.2 Å². The molecule has 2 amide bonds. The first-order valence-electron chi connectivity index (χ1n) is 6.25. The van der Waals surface area contributed by atoms with E-state index < -0.39 is 17.6 Å². The lowest BCUT2D eigenvalue weighted by molar-refractivity contribution is -0.115. The van der Waals surface area contributed by atoms with Crippen molar-refractivity contribution in [3.8, 4) is 0 Å². The maximum Gasteiger partial charge on any atom is 0.251 e. The molecule has 0 saturated carbocycles. The first kappa shape index (κ1) is 16.3. The molecule has 0 heterocycles. The zero-order valence-corrected chi connectivity index (χ0v) is 12.7. The van der Waals surface area contributed by atoms with E-state index in [-0.39, 0.29) is 17.3 Å².